The summed E-state index contributed by atoms with van der Waals surface area (Å²) in [7, 11) is -1.91. The Kier molecular flexibility index (Phi) is 3.26. The molecular formula is C12H21N5O2S. The van der Waals surface area contributed by atoms with E-state index in [1.165, 1.54) is 17.5 Å². The SMILES string of the molecule is Cc1c(S(=O)(=O)NC2CCN(C3CC3)C2)c(N)nn1C. The first-order valence-electron chi connectivity index (χ1n) is 6.94. The molecule has 20 heavy (non-hydrogen) atoms. The molecule has 1 saturated carbocycles. The van der Waals surface area contributed by atoms with Gasteiger partial charge in [-0.1, -0.05) is 0 Å². The van der Waals surface area contributed by atoms with Gasteiger partial charge < -0.3 is 5.73 Å². The molecule has 3 N–H and O–H groups in total. The Morgan fingerprint density at radius 3 is 2.60 bits per heavy atom. The summed E-state index contributed by atoms with van der Waals surface area (Å²) in [6, 6.07) is 0.648. The summed E-state index contributed by atoms with van der Waals surface area (Å²) in [5.74, 6) is 0.0644. The third kappa shape index (κ3) is 2.43. The smallest absolute Gasteiger partial charge is 0.246 e. The second kappa shape index (κ2) is 4.71. The van der Waals surface area contributed by atoms with Crippen molar-refractivity contribution in [1.82, 2.24) is 19.4 Å². The molecule has 0 aromatic carbocycles. The maximum absolute atomic E-state index is 12.5. The molecule has 1 aromatic heterocycles. The molecule has 1 saturated heterocycles. The monoisotopic (exact) mass is 299 g/mol. The van der Waals surface area contributed by atoms with Crippen molar-refractivity contribution in [3.05, 3.63) is 5.69 Å². The number of aromatic nitrogens is 2. The summed E-state index contributed by atoms with van der Waals surface area (Å²) >= 11 is 0. The third-order valence-corrected chi connectivity index (χ3v) is 5.86. The Labute approximate surface area is 119 Å². The molecule has 2 fully saturated rings. The normalized spacial score (nSPS) is 24.4. The van der Waals surface area contributed by atoms with Gasteiger partial charge in [-0.3, -0.25) is 9.58 Å². The summed E-state index contributed by atoms with van der Waals surface area (Å²) in [6.45, 7) is 3.48. The standard InChI is InChI=1S/C12H21N5O2S/c1-8-11(12(13)14-16(8)2)20(18,19)15-9-5-6-17(7-9)10-3-4-10/h9-10,15H,3-7H2,1-2H3,(H2,13,14). The number of sulfonamides is 1. The molecule has 1 atom stereocenters. The maximum Gasteiger partial charge on any atom is 0.246 e. The van der Waals surface area contributed by atoms with Crippen LogP contribution in [-0.4, -0.2) is 48.3 Å². The van der Waals surface area contributed by atoms with E-state index in [0.717, 1.165) is 19.5 Å². The number of nitrogens with two attached hydrogens (primary N) is 1. The Morgan fingerprint density at radius 1 is 1.35 bits per heavy atom. The summed E-state index contributed by atoms with van der Waals surface area (Å²) in [4.78, 5) is 2.48. The van der Waals surface area contributed by atoms with Gasteiger partial charge in [0.05, 0.1) is 5.69 Å². The van der Waals surface area contributed by atoms with Gasteiger partial charge in [0.15, 0.2) is 5.82 Å². The molecule has 0 spiro atoms. The predicted octanol–water partition coefficient (Wildman–Crippen LogP) is -0.174. The van der Waals surface area contributed by atoms with E-state index < -0.39 is 10.0 Å². The second-order valence-electron chi connectivity index (χ2n) is 5.76. The average Bonchev–Trinajstić information content (AvgIpc) is 3.03. The molecule has 0 radical (unpaired) electrons. The minimum absolute atomic E-state index is 0.0281. The summed E-state index contributed by atoms with van der Waals surface area (Å²) in [5, 5.41) is 3.97. The quantitative estimate of drug-likeness (QED) is 0.805. The van der Waals surface area contributed by atoms with Crippen molar-refractivity contribution in [2.75, 3.05) is 18.8 Å². The van der Waals surface area contributed by atoms with E-state index in [1.807, 2.05) is 0 Å². The lowest BCUT2D eigenvalue weighted by molar-refractivity contribution is 0.322. The van der Waals surface area contributed by atoms with Gasteiger partial charge in [0.1, 0.15) is 4.90 Å². The zero-order chi connectivity index (χ0) is 14.5. The van der Waals surface area contributed by atoms with Gasteiger partial charge in [0, 0.05) is 32.2 Å². The van der Waals surface area contributed by atoms with Gasteiger partial charge in [-0.05, 0) is 26.2 Å². The molecule has 2 aliphatic rings. The number of rotatable bonds is 4. The highest BCUT2D eigenvalue weighted by Gasteiger charge is 2.36. The lowest BCUT2D eigenvalue weighted by Gasteiger charge is -2.16. The molecule has 7 nitrogen and oxygen atoms in total. The number of hydrogen-bond donors (Lipinski definition) is 2. The Bertz CT molecular complexity index is 620. The van der Waals surface area contributed by atoms with E-state index in [9.17, 15) is 8.42 Å². The topological polar surface area (TPSA) is 93.2 Å². The largest absolute Gasteiger partial charge is 0.381 e. The molecule has 1 unspecified atom stereocenters. The van der Waals surface area contributed by atoms with Gasteiger partial charge in [0.25, 0.3) is 0 Å². The van der Waals surface area contributed by atoms with Crippen LogP contribution in [0.2, 0.25) is 0 Å². The van der Waals surface area contributed by atoms with Gasteiger partial charge >= 0.3 is 0 Å². The molecule has 0 bridgehead atoms. The number of nitrogens with one attached hydrogen (secondary N) is 1. The van der Waals surface area contributed by atoms with Crippen LogP contribution >= 0.6 is 0 Å². The van der Waals surface area contributed by atoms with Crippen LogP contribution in [0.3, 0.4) is 0 Å². The Balaban J connectivity index is 1.75. The molecule has 112 valence electrons. The fourth-order valence-electron chi connectivity index (χ4n) is 2.88. The van der Waals surface area contributed by atoms with E-state index in [1.54, 1.807) is 14.0 Å². The molecule has 1 aromatic rings. The van der Waals surface area contributed by atoms with Crippen molar-refractivity contribution < 1.29 is 8.42 Å². The van der Waals surface area contributed by atoms with Gasteiger partial charge in [-0.15, -0.1) is 0 Å². The third-order valence-electron chi connectivity index (χ3n) is 4.18. The molecule has 2 heterocycles. The lowest BCUT2D eigenvalue weighted by Crippen LogP contribution is -2.37. The van der Waals surface area contributed by atoms with Crippen LogP contribution in [0.1, 0.15) is 25.0 Å². The summed E-state index contributed by atoms with van der Waals surface area (Å²) in [5.41, 5.74) is 6.29. The highest BCUT2D eigenvalue weighted by molar-refractivity contribution is 7.89. The van der Waals surface area contributed by atoms with E-state index in [0.29, 0.717) is 11.7 Å². The zero-order valence-corrected chi connectivity index (χ0v) is 12.7. The fourth-order valence-corrected chi connectivity index (χ4v) is 4.47. The molecule has 1 aliphatic carbocycles. The number of nitrogen functional groups attached to an aromatic ring is 1. The van der Waals surface area contributed by atoms with Crippen LogP contribution in [0.25, 0.3) is 0 Å². The fraction of sp³-hybridized carbons (Fsp3) is 0.750. The Morgan fingerprint density at radius 2 is 2.05 bits per heavy atom. The lowest BCUT2D eigenvalue weighted by atomic mass is 10.3. The first-order chi connectivity index (χ1) is 9.38. The van der Waals surface area contributed by atoms with Crippen molar-refractivity contribution >= 4 is 15.8 Å². The van der Waals surface area contributed by atoms with Crippen LogP contribution in [-0.2, 0) is 17.1 Å². The second-order valence-corrected chi connectivity index (χ2v) is 7.41. The Hall–Kier alpha value is -1.12. The minimum atomic E-state index is -3.60. The molecule has 8 heteroatoms. The van der Waals surface area contributed by atoms with Gasteiger partial charge in [-0.2, -0.15) is 5.10 Å². The average molecular weight is 299 g/mol. The summed E-state index contributed by atoms with van der Waals surface area (Å²) < 4.78 is 29.2. The van der Waals surface area contributed by atoms with E-state index >= 15 is 0 Å². The van der Waals surface area contributed by atoms with E-state index in [-0.39, 0.29) is 16.8 Å². The molecule has 1 aliphatic heterocycles. The summed E-state index contributed by atoms with van der Waals surface area (Å²) in [6.07, 6.45) is 3.34. The van der Waals surface area contributed by atoms with Crippen LogP contribution in [0.15, 0.2) is 4.90 Å². The predicted molar refractivity (Wildman–Crippen MR) is 75.7 cm³/mol. The first kappa shape index (κ1) is 13.8. The highest BCUT2D eigenvalue weighted by atomic mass is 32.2. The van der Waals surface area contributed by atoms with Crippen LogP contribution in [0.5, 0.6) is 0 Å². The van der Waals surface area contributed by atoms with Gasteiger partial charge in [-0.25, -0.2) is 13.1 Å². The minimum Gasteiger partial charge on any atom is -0.381 e. The van der Waals surface area contributed by atoms with Crippen molar-refractivity contribution in [2.24, 2.45) is 7.05 Å². The van der Waals surface area contributed by atoms with E-state index in [2.05, 4.69) is 14.7 Å². The number of aryl methyl sites for hydroxylation is 1. The molecule has 0 amide bonds. The number of anilines is 1. The number of hydrogen-bond acceptors (Lipinski definition) is 5. The van der Waals surface area contributed by atoms with Gasteiger partial charge in [0.2, 0.25) is 10.0 Å². The number of likely N-dealkylation sites (tertiary alicyclic amines) is 1. The molecule has 3 rings (SSSR count). The van der Waals surface area contributed by atoms with Crippen molar-refractivity contribution in [3.63, 3.8) is 0 Å². The zero-order valence-electron chi connectivity index (χ0n) is 11.8. The number of nitrogens with zero attached hydrogens (tertiary/aromatic N) is 3. The molecular weight excluding hydrogens is 278 g/mol. The van der Waals surface area contributed by atoms with Crippen molar-refractivity contribution in [1.29, 1.82) is 0 Å². The van der Waals surface area contributed by atoms with E-state index in [4.69, 9.17) is 5.73 Å². The first-order valence-corrected chi connectivity index (χ1v) is 8.42. The van der Waals surface area contributed by atoms with Crippen LogP contribution < -0.4 is 10.5 Å². The highest BCUT2D eigenvalue weighted by Crippen LogP contribution is 2.30. The van der Waals surface area contributed by atoms with Crippen LogP contribution in [0, 0.1) is 6.92 Å². The van der Waals surface area contributed by atoms with Crippen molar-refractivity contribution in [2.45, 2.75) is 43.2 Å². The van der Waals surface area contributed by atoms with Crippen molar-refractivity contribution in [3.8, 4) is 0 Å². The van der Waals surface area contributed by atoms with Crippen LogP contribution in [0.4, 0.5) is 5.82 Å². The maximum atomic E-state index is 12.5.